The van der Waals surface area contributed by atoms with Crippen LogP contribution in [-0.2, 0) is 6.54 Å². The third-order valence-corrected chi connectivity index (χ3v) is 3.35. The molecule has 2 aromatic heterocycles. The second-order valence-electron chi connectivity index (χ2n) is 4.14. The molecule has 0 unspecified atom stereocenters. The van der Waals surface area contributed by atoms with Crippen molar-refractivity contribution in [2.24, 2.45) is 0 Å². The van der Waals surface area contributed by atoms with Gasteiger partial charge in [-0.15, -0.1) is 0 Å². The highest BCUT2D eigenvalue weighted by atomic mass is 79.9. The molecule has 3 rings (SSSR count). The lowest BCUT2D eigenvalue weighted by atomic mass is 10.2. The Morgan fingerprint density at radius 1 is 1.37 bits per heavy atom. The summed E-state index contributed by atoms with van der Waals surface area (Å²) in [6, 6.07) is 5.38. The summed E-state index contributed by atoms with van der Waals surface area (Å²) >= 11 is 3.35. The Balaban J connectivity index is 2.11. The maximum absolute atomic E-state index is 12.3. The molecule has 3 aromatic rings. The average molecular weight is 321 g/mol. The van der Waals surface area contributed by atoms with Gasteiger partial charge in [0.15, 0.2) is 0 Å². The summed E-state index contributed by atoms with van der Waals surface area (Å²) in [4.78, 5) is 16.6. The Kier molecular flexibility index (Phi) is 2.90. The Hall–Kier alpha value is -2.02. The Morgan fingerprint density at radius 2 is 2.21 bits per heavy atom. The minimum atomic E-state index is -0.111. The number of fused-ring (bicyclic) bond motifs is 1. The molecule has 0 saturated heterocycles. The van der Waals surface area contributed by atoms with Gasteiger partial charge in [-0.3, -0.25) is 9.36 Å². The second-order valence-corrected chi connectivity index (χ2v) is 5.05. The fourth-order valence-electron chi connectivity index (χ4n) is 1.80. The van der Waals surface area contributed by atoms with Crippen LogP contribution in [0.15, 0.2) is 38.4 Å². The van der Waals surface area contributed by atoms with Crippen LogP contribution < -0.4 is 5.56 Å². The largest absolute Gasteiger partial charge is 0.292 e. The van der Waals surface area contributed by atoms with Gasteiger partial charge in [-0.25, -0.2) is 9.61 Å². The van der Waals surface area contributed by atoms with Crippen molar-refractivity contribution in [1.82, 2.24) is 19.9 Å². The van der Waals surface area contributed by atoms with E-state index in [1.807, 2.05) is 12.1 Å². The van der Waals surface area contributed by atoms with E-state index < -0.39 is 0 Å². The smallest absolute Gasteiger partial charge is 0.261 e. The minimum Gasteiger partial charge on any atom is -0.292 e. The number of nitrogens with zero attached hydrogens (tertiary/aromatic N) is 4. The van der Waals surface area contributed by atoms with Crippen molar-refractivity contribution < 1.29 is 4.63 Å². The van der Waals surface area contributed by atoms with E-state index in [4.69, 9.17) is 0 Å². The van der Waals surface area contributed by atoms with E-state index in [0.29, 0.717) is 28.8 Å². The lowest BCUT2D eigenvalue weighted by molar-refractivity contribution is 0.300. The number of halogens is 1. The molecular weight excluding hydrogens is 312 g/mol. The summed E-state index contributed by atoms with van der Waals surface area (Å²) in [5.74, 6) is 0. The first-order valence-corrected chi connectivity index (χ1v) is 6.37. The van der Waals surface area contributed by atoms with Gasteiger partial charge >= 0.3 is 0 Å². The molecule has 6 nitrogen and oxygen atoms in total. The highest BCUT2D eigenvalue weighted by molar-refractivity contribution is 9.10. The van der Waals surface area contributed by atoms with E-state index in [-0.39, 0.29) is 5.56 Å². The van der Waals surface area contributed by atoms with Gasteiger partial charge in [-0.2, -0.15) is 0 Å². The van der Waals surface area contributed by atoms with Crippen LogP contribution in [0.2, 0.25) is 0 Å². The molecule has 0 aliphatic heterocycles. The molecule has 0 atom stereocenters. The van der Waals surface area contributed by atoms with Crippen LogP contribution in [0.5, 0.6) is 0 Å². The van der Waals surface area contributed by atoms with Gasteiger partial charge in [0.05, 0.1) is 23.8 Å². The summed E-state index contributed by atoms with van der Waals surface area (Å²) < 4.78 is 7.00. The summed E-state index contributed by atoms with van der Waals surface area (Å²) in [6.45, 7) is 2.08. The number of aryl methyl sites for hydroxylation is 1. The molecule has 0 N–H and O–H groups in total. The standard InChI is InChI=1S/C12H9BrN4O2/c1-7-11(16-19-15-7)5-17-6-14-10-4-8(13)2-3-9(10)12(17)18/h2-4,6H,5H2,1H3. The highest BCUT2D eigenvalue weighted by Gasteiger charge is 2.09. The number of benzene rings is 1. The molecule has 0 bridgehead atoms. The molecule has 1 aromatic carbocycles. The Labute approximate surface area is 116 Å². The van der Waals surface area contributed by atoms with Crippen LogP contribution >= 0.6 is 15.9 Å². The van der Waals surface area contributed by atoms with Gasteiger partial charge in [0.2, 0.25) is 0 Å². The zero-order valence-electron chi connectivity index (χ0n) is 10.00. The van der Waals surface area contributed by atoms with Crippen molar-refractivity contribution in [3.8, 4) is 0 Å². The van der Waals surface area contributed by atoms with E-state index >= 15 is 0 Å². The first-order chi connectivity index (χ1) is 9.15. The zero-order valence-corrected chi connectivity index (χ0v) is 11.6. The molecule has 0 spiro atoms. The fraction of sp³-hybridized carbons (Fsp3) is 0.167. The van der Waals surface area contributed by atoms with Crippen molar-refractivity contribution in [3.63, 3.8) is 0 Å². The lowest BCUT2D eigenvalue weighted by Gasteiger charge is -2.04. The molecule has 19 heavy (non-hydrogen) atoms. The molecule has 0 aliphatic rings. The molecule has 7 heteroatoms. The van der Waals surface area contributed by atoms with Crippen LogP contribution in [-0.4, -0.2) is 19.9 Å². The minimum absolute atomic E-state index is 0.111. The zero-order chi connectivity index (χ0) is 13.4. The summed E-state index contributed by atoms with van der Waals surface area (Å²) in [5.41, 5.74) is 1.84. The fourth-order valence-corrected chi connectivity index (χ4v) is 2.15. The van der Waals surface area contributed by atoms with Gasteiger partial charge in [-0.1, -0.05) is 26.2 Å². The van der Waals surface area contributed by atoms with Gasteiger partial charge < -0.3 is 0 Å². The van der Waals surface area contributed by atoms with Crippen LogP contribution in [0.4, 0.5) is 0 Å². The topological polar surface area (TPSA) is 73.8 Å². The number of hydrogen-bond donors (Lipinski definition) is 0. The van der Waals surface area contributed by atoms with Crippen LogP contribution in [0, 0.1) is 6.92 Å². The van der Waals surface area contributed by atoms with Crippen LogP contribution in [0.3, 0.4) is 0 Å². The van der Waals surface area contributed by atoms with Crippen molar-refractivity contribution in [2.75, 3.05) is 0 Å². The molecule has 0 fully saturated rings. The molecular formula is C12H9BrN4O2. The maximum Gasteiger partial charge on any atom is 0.261 e. The Bertz CT molecular complexity index is 809. The summed E-state index contributed by atoms with van der Waals surface area (Å²) in [6.07, 6.45) is 1.51. The van der Waals surface area contributed by atoms with Crippen molar-refractivity contribution in [2.45, 2.75) is 13.5 Å². The summed E-state index contributed by atoms with van der Waals surface area (Å²) in [7, 11) is 0. The maximum atomic E-state index is 12.3. The molecule has 96 valence electrons. The van der Waals surface area contributed by atoms with Gasteiger partial charge in [-0.05, 0) is 25.1 Å². The molecule has 0 aliphatic carbocycles. The first kappa shape index (κ1) is 12.0. The van der Waals surface area contributed by atoms with E-state index in [2.05, 4.69) is 35.9 Å². The van der Waals surface area contributed by atoms with Gasteiger partial charge in [0.1, 0.15) is 11.4 Å². The van der Waals surface area contributed by atoms with E-state index in [9.17, 15) is 4.79 Å². The molecule has 0 saturated carbocycles. The monoisotopic (exact) mass is 320 g/mol. The first-order valence-electron chi connectivity index (χ1n) is 5.58. The van der Waals surface area contributed by atoms with Crippen molar-refractivity contribution in [1.29, 1.82) is 0 Å². The quantitative estimate of drug-likeness (QED) is 0.721. The third-order valence-electron chi connectivity index (χ3n) is 2.85. The van der Waals surface area contributed by atoms with E-state index in [1.165, 1.54) is 10.9 Å². The number of rotatable bonds is 2. The van der Waals surface area contributed by atoms with E-state index in [1.54, 1.807) is 13.0 Å². The SMILES string of the molecule is Cc1nonc1Cn1cnc2cc(Br)ccc2c1=O. The van der Waals surface area contributed by atoms with Gasteiger partial charge in [0, 0.05) is 4.47 Å². The molecule has 2 heterocycles. The molecule has 0 amide bonds. The summed E-state index contributed by atoms with van der Waals surface area (Å²) in [5, 5.41) is 8.02. The predicted molar refractivity (Wildman–Crippen MR) is 71.8 cm³/mol. The van der Waals surface area contributed by atoms with Crippen molar-refractivity contribution >= 4 is 26.8 Å². The number of aromatic nitrogens is 4. The van der Waals surface area contributed by atoms with Crippen LogP contribution in [0.25, 0.3) is 10.9 Å². The average Bonchev–Trinajstić information content (AvgIpc) is 2.78. The van der Waals surface area contributed by atoms with E-state index in [0.717, 1.165) is 4.47 Å². The number of hydrogen-bond acceptors (Lipinski definition) is 5. The Morgan fingerprint density at radius 3 is 2.95 bits per heavy atom. The highest BCUT2D eigenvalue weighted by Crippen LogP contribution is 2.15. The molecule has 0 radical (unpaired) electrons. The van der Waals surface area contributed by atoms with Gasteiger partial charge in [0.25, 0.3) is 5.56 Å². The second kappa shape index (κ2) is 4.58. The van der Waals surface area contributed by atoms with Crippen molar-refractivity contribution in [3.05, 3.63) is 50.7 Å². The lowest BCUT2D eigenvalue weighted by Crippen LogP contribution is -2.21. The third kappa shape index (κ3) is 2.17. The predicted octanol–water partition coefficient (Wildman–Crippen LogP) is 1.90. The van der Waals surface area contributed by atoms with Crippen LogP contribution in [0.1, 0.15) is 11.4 Å². The normalized spacial score (nSPS) is 11.1.